The van der Waals surface area contributed by atoms with Gasteiger partial charge in [0.15, 0.2) is 0 Å². The minimum atomic E-state index is 0.137. The number of hydrogen-bond donors (Lipinski definition) is 2. The van der Waals surface area contributed by atoms with Crippen molar-refractivity contribution >= 4 is 11.8 Å². The van der Waals surface area contributed by atoms with Gasteiger partial charge in [-0.15, -0.1) is 0 Å². The fraction of sp³-hybridized carbons (Fsp3) is 0.875. The van der Waals surface area contributed by atoms with Gasteiger partial charge < -0.3 is 16.0 Å². The lowest BCUT2D eigenvalue weighted by atomic mass is 9.98. The molecule has 1 saturated carbocycles. The smallest absolute Gasteiger partial charge is 0.236 e. The van der Waals surface area contributed by atoms with Crippen molar-refractivity contribution in [2.45, 2.75) is 50.6 Å². The zero-order chi connectivity index (χ0) is 16.1. The van der Waals surface area contributed by atoms with Crippen LogP contribution in [0.5, 0.6) is 0 Å². The lowest BCUT2D eigenvalue weighted by Gasteiger charge is -2.32. The number of likely N-dealkylation sites (tertiary alicyclic amines) is 1. The van der Waals surface area contributed by atoms with Crippen LogP contribution in [0.15, 0.2) is 0 Å². The summed E-state index contributed by atoms with van der Waals surface area (Å²) in [5.41, 5.74) is 6.03. The summed E-state index contributed by atoms with van der Waals surface area (Å²) in [6.07, 6.45) is 5.69. The molecule has 0 radical (unpaired) electrons. The summed E-state index contributed by atoms with van der Waals surface area (Å²) in [6, 6.07) is 0.445. The molecule has 3 N–H and O–H groups in total. The third-order valence-corrected chi connectivity index (χ3v) is 4.98. The number of nitrogens with one attached hydrogen (secondary N) is 1. The summed E-state index contributed by atoms with van der Waals surface area (Å²) in [6.45, 7) is 2.21. The van der Waals surface area contributed by atoms with Gasteiger partial charge in [-0.25, -0.2) is 0 Å². The molecular weight excluding hydrogens is 280 g/mol. The monoisotopic (exact) mass is 310 g/mol. The Morgan fingerprint density at radius 2 is 1.86 bits per heavy atom. The van der Waals surface area contributed by atoms with Gasteiger partial charge in [-0.05, 0) is 31.6 Å². The maximum Gasteiger partial charge on any atom is 0.236 e. The van der Waals surface area contributed by atoms with Crippen molar-refractivity contribution in [3.63, 3.8) is 0 Å². The van der Waals surface area contributed by atoms with E-state index in [1.54, 1.807) is 19.0 Å². The topological polar surface area (TPSA) is 78.7 Å². The molecule has 22 heavy (non-hydrogen) atoms. The van der Waals surface area contributed by atoms with Gasteiger partial charge in [0.25, 0.3) is 0 Å². The van der Waals surface area contributed by atoms with Gasteiger partial charge in [0, 0.05) is 45.7 Å². The number of carbonyl (C=O) groups excluding carboxylic acids is 2. The summed E-state index contributed by atoms with van der Waals surface area (Å²) in [7, 11) is 3.56. The summed E-state index contributed by atoms with van der Waals surface area (Å²) >= 11 is 0. The molecule has 0 unspecified atom stereocenters. The SMILES string of the molecule is CN(C)C(=O)CN1CCC(NC(=O)C[C@@H]2CCC[C@H]2N)CC1. The number of amides is 2. The summed E-state index contributed by atoms with van der Waals surface area (Å²) in [5, 5.41) is 3.15. The lowest BCUT2D eigenvalue weighted by Crippen LogP contribution is -2.47. The molecule has 2 aliphatic rings. The van der Waals surface area contributed by atoms with Crippen LogP contribution in [0.1, 0.15) is 38.5 Å². The molecule has 126 valence electrons. The molecule has 6 nitrogen and oxygen atoms in total. The molecule has 0 aromatic rings. The molecule has 2 amide bonds. The highest BCUT2D eigenvalue weighted by molar-refractivity contribution is 5.78. The zero-order valence-corrected chi connectivity index (χ0v) is 13.9. The first kappa shape index (κ1) is 17.2. The highest BCUT2D eigenvalue weighted by Crippen LogP contribution is 2.26. The van der Waals surface area contributed by atoms with Gasteiger partial charge in [0.05, 0.1) is 6.54 Å². The Bertz CT molecular complexity index is 392. The third-order valence-electron chi connectivity index (χ3n) is 4.98. The van der Waals surface area contributed by atoms with Gasteiger partial charge in [-0.2, -0.15) is 0 Å². The standard InChI is InChI=1S/C16H30N4O2/c1-19(2)16(22)11-20-8-6-13(7-9-20)18-15(21)10-12-4-3-5-14(12)17/h12-14H,3-11,17H2,1-2H3,(H,18,21)/t12-,14+/m0/s1. The summed E-state index contributed by atoms with van der Waals surface area (Å²) in [4.78, 5) is 27.6. The minimum absolute atomic E-state index is 0.137. The Morgan fingerprint density at radius 1 is 1.18 bits per heavy atom. The first-order valence-corrected chi connectivity index (χ1v) is 8.43. The molecule has 2 fully saturated rings. The van der Waals surface area contributed by atoms with E-state index in [1.165, 1.54) is 0 Å². The van der Waals surface area contributed by atoms with Crippen LogP contribution in [0.25, 0.3) is 0 Å². The fourth-order valence-corrected chi connectivity index (χ4v) is 3.41. The van der Waals surface area contributed by atoms with Crippen molar-refractivity contribution in [1.29, 1.82) is 0 Å². The van der Waals surface area contributed by atoms with E-state index in [0.717, 1.165) is 45.2 Å². The minimum Gasteiger partial charge on any atom is -0.353 e. The van der Waals surface area contributed by atoms with Gasteiger partial charge in [-0.1, -0.05) is 6.42 Å². The molecule has 0 aromatic carbocycles. The maximum absolute atomic E-state index is 12.1. The summed E-state index contributed by atoms with van der Waals surface area (Å²) in [5.74, 6) is 0.640. The average molecular weight is 310 g/mol. The molecule has 0 aromatic heterocycles. The number of carbonyl (C=O) groups is 2. The van der Waals surface area contributed by atoms with Gasteiger partial charge in [-0.3, -0.25) is 14.5 Å². The number of likely N-dealkylation sites (N-methyl/N-ethyl adjacent to an activating group) is 1. The van der Waals surface area contributed by atoms with E-state index in [9.17, 15) is 9.59 Å². The first-order chi connectivity index (χ1) is 10.5. The molecule has 2 rings (SSSR count). The zero-order valence-electron chi connectivity index (χ0n) is 13.9. The van der Waals surface area contributed by atoms with Crippen LogP contribution in [0.3, 0.4) is 0 Å². The number of rotatable bonds is 5. The predicted octanol–water partition coefficient (Wildman–Crippen LogP) is 0.173. The number of nitrogens with two attached hydrogens (primary N) is 1. The summed E-state index contributed by atoms with van der Waals surface area (Å²) < 4.78 is 0. The third kappa shape index (κ3) is 4.95. The van der Waals surface area contributed by atoms with Gasteiger partial charge in [0.2, 0.25) is 11.8 Å². The molecule has 1 saturated heterocycles. The van der Waals surface area contributed by atoms with Crippen molar-refractivity contribution in [2.75, 3.05) is 33.7 Å². The highest BCUT2D eigenvalue weighted by atomic mass is 16.2. The number of nitrogens with zero attached hydrogens (tertiary/aromatic N) is 2. The van der Waals surface area contributed by atoms with Crippen LogP contribution in [0.2, 0.25) is 0 Å². The quantitative estimate of drug-likeness (QED) is 0.759. The van der Waals surface area contributed by atoms with Crippen molar-refractivity contribution in [3.8, 4) is 0 Å². The van der Waals surface area contributed by atoms with Crippen LogP contribution in [-0.4, -0.2) is 67.4 Å². The van der Waals surface area contributed by atoms with Crippen molar-refractivity contribution in [3.05, 3.63) is 0 Å². The fourth-order valence-electron chi connectivity index (χ4n) is 3.41. The Kier molecular flexibility index (Phi) is 6.20. The van der Waals surface area contributed by atoms with E-state index in [2.05, 4.69) is 10.2 Å². The van der Waals surface area contributed by atoms with Crippen molar-refractivity contribution in [2.24, 2.45) is 11.7 Å². The molecule has 6 heteroatoms. The maximum atomic E-state index is 12.1. The molecular formula is C16H30N4O2. The van der Waals surface area contributed by atoms with Crippen LogP contribution in [0, 0.1) is 5.92 Å². The second-order valence-corrected chi connectivity index (χ2v) is 6.97. The number of piperidine rings is 1. The average Bonchev–Trinajstić information content (AvgIpc) is 2.86. The second kappa shape index (κ2) is 7.92. The van der Waals surface area contributed by atoms with E-state index >= 15 is 0 Å². The molecule has 0 spiro atoms. The molecule has 2 atom stereocenters. The first-order valence-electron chi connectivity index (χ1n) is 8.43. The molecule has 0 bridgehead atoms. The largest absolute Gasteiger partial charge is 0.353 e. The Balaban J connectivity index is 1.66. The Labute approximate surface area is 133 Å². The Hall–Kier alpha value is -1.14. The van der Waals surface area contributed by atoms with Crippen LogP contribution in [0.4, 0.5) is 0 Å². The molecule has 1 aliphatic heterocycles. The normalized spacial score (nSPS) is 26.9. The highest BCUT2D eigenvalue weighted by Gasteiger charge is 2.28. The van der Waals surface area contributed by atoms with Crippen molar-refractivity contribution in [1.82, 2.24) is 15.1 Å². The Morgan fingerprint density at radius 3 is 2.41 bits per heavy atom. The molecule has 1 aliphatic carbocycles. The molecule has 1 heterocycles. The van der Waals surface area contributed by atoms with E-state index in [1.807, 2.05) is 0 Å². The lowest BCUT2D eigenvalue weighted by molar-refractivity contribution is -0.130. The van der Waals surface area contributed by atoms with E-state index < -0.39 is 0 Å². The number of hydrogen-bond acceptors (Lipinski definition) is 4. The van der Waals surface area contributed by atoms with Crippen LogP contribution < -0.4 is 11.1 Å². The van der Waals surface area contributed by atoms with Crippen molar-refractivity contribution < 1.29 is 9.59 Å². The van der Waals surface area contributed by atoms with Crippen LogP contribution in [-0.2, 0) is 9.59 Å². The van der Waals surface area contributed by atoms with E-state index in [-0.39, 0.29) is 23.9 Å². The second-order valence-electron chi connectivity index (χ2n) is 6.97. The van der Waals surface area contributed by atoms with E-state index in [0.29, 0.717) is 18.9 Å². The van der Waals surface area contributed by atoms with Crippen LogP contribution >= 0.6 is 0 Å². The van der Waals surface area contributed by atoms with Gasteiger partial charge >= 0.3 is 0 Å². The predicted molar refractivity (Wildman–Crippen MR) is 86.2 cm³/mol. The van der Waals surface area contributed by atoms with E-state index in [4.69, 9.17) is 5.73 Å². The van der Waals surface area contributed by atoms with Gasteiger partial charge in [0.1, 0.15) is 0 Å².